The van der Waals surface area contributed by atoms with Crippen LogP contribution in [0.15, 0.2) is 30.3 Å². The van der Waals surface area contributed by atoms with Gasteiger partial charge in [-0.25, -0.2) is 4.79 Å². The van der Waals surface area contributed by atoms with Crippen molar-refractivity contribution < 1.29 is 14.3 Å². The van der Waals surface area contributed by atoms with Crippen molar-refractivity contribution >= 4 is 11.9 Å². The Kier molecular flexibility index (Phi) is 5.16. The van der Waals surface area contributed by atoms with Crippen molar-refractivity contribution in [2.75, 3.05) is 13.1 Å². The third kappa shape index (κ3) is 4.37. The van der Waals surface area contributed by atoms with Gasteiger partial charge in [-0.15, -0.1) is 0 Å². The molecule has 1 fully saturated rings. The normalized spacial score (nSPS) is 15.9. The molecule has 1 amide bonds. The number of ether oxygens (including phenoxy) is 1. The first kappa shape index (κ1) is 14.6. The van der Waals surface area contributed by atoms with E-state index in [1.165, 1.54) is 0 Å². The number of carbonyl (C=O) groups is 2. The van der Waals surface area contributed by atoms with E-state index in [1.807, 2.05) is 30.3 Å². The molecule has 1 aliphatic heterocycles. The molecule has 0 atom stereocenters. The molecule has 0 radical (unpaired) electrons. The Morgan fingerprint density at radius 1 is 1.20 bits per heavy atom. The maximum Gasteiger partial charge on any atom is 0.410 e. The minimum atomic E-state index is -0.255. The van der Waals surface area contributed by atoms with Crippen LogP contribution in [0.2, 0.25) is 0 Å². The molecule has 0 aliphatic carbocycles. The molecule has 0 unspecified atom stereocenters. The molecule has 0 N–H and O–H groups in total. The summed E-state index contributed by atoms with van der Waals surface area (Å²) in [6, 6.07) is 9.66. The fraction of sp³-hybridized carbons (Fsp3) is 0.500. The number of likely N-dealkylation sites (tertiary alicyclic amines) is 1. The van der Waals surface area contributed by atoms with E-state index in [4.69, 9.17) is 4.74 Å². The van der Waals surface area contributed by atoms with E-state index in [1.54, 1.807) is 11.8 Å². The van der Waals surface area contributed by atoms with Crippen molar-refractivity contribution in [1.29, 1.82) is 0 Å². The van der Waals surface area contributed by atoms with Gasteiger partial charge in [0.2, 0.25) is 0 Å². The third-order valence-corrected chi connectivity index (χ3v) is 3.65. The van der Waals surface area contributed by atoms with Crippen molar-refractivity contribution in [2.45, 2.75) is 32.8 Å². The van der Waals surface area contributed by atoms with Gasteiger partial charge in [-0.2, -0.15) is 0 Å². The molecule has 4 nitrogen and oxygen atoms in total. The average molecular weight is 275 g/mol. The zero-order valence-electron chi connectivity index (χ0n) is 11.9. The molecule has 1 heterocycles. The standard InChI is InChI=1S/C16H21NO3/c1-13(18)11-14-7-9-17(10-8-14)16(19)20-12-15-5-3-2-4-6-15/h2-6,14H,7-12H2,1H3. The smallest absolute Gasteiger partial charge is 0.410 e. The molecule has 1 saturated heterocycles. The van der Waals surface area contributed by atoms with Gasteiger partial charge in [0.25, 0.3) is 0 Å². The first-order valence-electron chi connectivity index (χ1n) is 7.10. The molecule has 20 heavy (non-hydrogen) atoms. The van der Waals surface area contributed by atoms with Gasteiger partial charge in [0.05, 0.1) is 0 Å². The Balaban J connectivity index is 1.73. The zero-order chi connectivity index (χ0) is 14.4. The van der Waals surface area contributed by atoms with Crippen molar-refractivity contribution in [3.63, 3.8) is 0 Å². The van der Waals surface area contributed by atoms with E-state index in [2.05, 4.69) is 0 Å². The van der Waals surface area contributed by atoms with E-state index in [-0.39, 0.29) is 11.9 Å². The number of hydrogen-bond acceptors (Lipinski definition) is 3. The maximum atomic E-state index is 11.9. The number of carbonyl (C=O) groups excluding carboxylic acids is 2. The van der Waals surface area contributed by atoms with Crippen molar-refractivity contribution in [1.82, 2.24) is 4.90 Å². The van der Waals surface area contributed by atoms with Gasteiger partial charge in [-0.05, 0) is 31.2 Å². The summed E-state index contributed by atoms with van der Waals surface area (Å²) in [4.78, 5) is 24.8. The van der Waals surface area contributed by atoms with E-state index >= 15 is 0 Å². The quantitative estimate of drug-likeness (QED) is 0.848. The molecule has 4 heteroatoms. The summed E-state index contributed by atoms with van der Waals surface area (Å²) in [7, 11) is 0. The second-order valence-electron chi connectivity index (χ2n) is 5.38. The fourth-order valence-corrected chi connectivity index (χ4v) is 2.54. The Hall–Kier alpha value is -1.84. The Labute approximate surface area is 119 Å². The van der Waals surface area contributed by atoms with Crippen LogP contribution in [0, 0.1) is 5.92 Å². The highest BCUT2D eigenvalue weighted by atomic mass is 16.6. The summed E-state index contributed by atoms with van der Waals surface area (Å²) in [5.74, 6) is 0.653. The van der Waals surface area contributed by atoms with Crippen LogP contribution in [0.4, 0.5) is 4.79 Å². The molecule has 0 aromatic heterocycles. The first-order chi connectivity index (χ1) is 9.65. The number of nitrogens with zero attached hydrogens (tertiary/aromatic N) is 1. The highest BCUT2D eigenvalue weighted by Crippen LogP contribution is 2.21. The summed E-state index contributed by atoms with van der Waals surface area (Å²) in [6.45, 7) is 3.31. The van der Waals surface area contributed by atoms with Crippen LogP contribution < -0.4 is 0 Å². The topological polar surface area (TPSA) is 46.6 Å². The highest BCUT2D eigenvalue weighted by Gasteiger charge is 2.24. The van der Waals surface area contributed by atoms with Crippen LogP contribution in [-0.2, 0) is 16.1 Å². The van der Waals surface area contributed by atoms with Crippen molar-refractivity contribution in [2.24, 2.45) is 5.92 Å². The lowest BCUT2D eigenvalue weighted by atomic mass is 9.92. The number of piperidine rings is 1. The SMILES string of the molecule is CC(=O)CC1CCN(C(=O)OCc2ccccc2)CC1. The average Bonchev–Trinajstić information content (AvgIpc) is 2.46. The van der Waals surface area contributed by atoms with E-state index in [9.17, 15) is 9.59 Å². The summed E-state index contributed by atoms with van der Waals surface area (Å²) >= 11 is 0. The lowest BCUT2D eigenvalue weighted by Crippen LogP contribution is -2.39. The second-order valence-corrected chi connectivity index (χ2v) is 5.38. The van der Waals surface area contributed by atoms with Crippen LogP contribution in [0.3, 0.4) is 0 Å². The number of hydrogen-bond donors (Lipinski definition) is 0. The number of amides is 1. The minimum Gasteiger partial charge on any atom is -0.445 e. The number of rotatable bonds is 4. The van der Waals surface area contributed by atoms with Gasteiger partial charge >= 0.3 is 6.09 Å². The second kappa shape index (κ2) is 7.08. The Morgan fingerprint density at radius 3 is 2.45 bits per heavy atom. The van der Waals surface area contributed by atoms with Crippen LogP contribution in [0.1, 0.15) is 31.7 Å². The summed E-state index contributed by atoms with van der Waals surface area (Å²) in [5.41, 5.74) is 0.993. The predicted octanol–water partition coefficient (Wildman–Crippen LogP) is 3.01. The molecular weight excluding hydrogens is 254 g/mol. The van der Waals surface area contributed by atoms with Crippen LogP contribution in [0.5, 0.6) is 0 Å². The highest BCUT2D eigenvalue weighted by molar-refractivity contribution is 5.75. The fourth-order valence-electron chi connectivity index (χ4n) is 2.54. The summed E-state index contributed by atoms with van der Waals surface area (Å²) < 4.78 is 5.30. The Morgan fingerprint density at radius 2 is 1.85 bits per heavy atom. The van der Waals surface area contributed by atoms with E-state index < -0.39 is 0 Å². The van der Waals surface area contributed by atoms with Gasteiger partial charge < -0.3 is 14.4 Å². The van der Waals surface area contributed by atoms with Gasteiger partial charge in [-0.3, -0.25) is 0 Å². The summed E-state index contributed by atoms with van der Waals surface area (Å²) in [5, 5.41) is 0. The first-order valence-corrected chi connectivity index (χ1v) is 7.10. The molecule has 2 rings (SSSR count). The molecule has 1 aromatic rings. The number of Topliss-reactive ketones (excluding diaryl/α,β-unsaturated/α-hetero) is 1. The Bertz CT molecular complexity index is 450. The van der Waals surface area contributed by atoms with Crippen molar-refractivity contribution in [3.8, 4) is 0 Å². The lowest BCUT2D eigenvalue weighted by Gasteiger charge is -2.30. The number of ketones is 1. The van der Waals surface area contributed by atoms with Crippen molar-refractivity contribution in [3.05, 3.63) is 35.9 Å². The molecule has 108 valence electrons. The van der Waals surface area contributed by atoms with Crippen LogP contribution in [0.25, 0.3) is 0 Å². The monoisotopic (exact) mass is 275 g/mol. The molecule has 1 aliphatic rings. The maximum absolute atomic E-state index is 11.9. The van der Waals surface area contributed by atoms with Gasteiger partial charge in [-0.1, -0.05) is 30.3 Å². The molecule has 0 spiro atoms. The largest absolute Gasteiger partial charge is 0.445 e. The van der Waals surface area contributed by atoms with E-state index in [0.717, 1.165) is 18.4 Å². The zero-order valence-corrected chi connectivity index (χ0v) is 11.9. The van der Waals surface area contributed by atoms with Crippen LogP contribution in [-0.4, -0.2) is 29.9 Å². The molecule has 0 saturated carbocycles. The molecule has 1 aromatic carbocycles. The van der Waals surface area contributed by atoms with Crippen LogP contribution >= 0.6 is 0 Å². The van der Waals surface area contributed by atoms with E-state index in [0.29, 0.717) is 32.0 Å². The van der Waals surface area contributed by atoms with Gasteiger partial charge in [0, 0.05) is 19.5 Å². The molecular formula is C16H21NO3. The third-order valence-electron chi connectivity index (χ3n) is 3.65. The van der Waals surface area contributed by atoms with Gasteiger partial charge in [0.15, 0.2) is 0 Å². The number of benzene rings is 1. The minimum absolute atomic E-state index is 0.232. The summed E-state index contributed by atoms with van der Waals surface area (Å²) in [6.07, 6.45) is 2.16. The molecule has 0 bridgehead atoms. The lowest BCUT2D eigenvalue weighted by molar-refractivity contribution is -0.118. The predicted molar refractivity (Wildman–Crippen MR) is 76.2 cm³/mol. The van der Waals surface area contributed by atoms with Gasteiger partial charge in [0.1, 0.15) is 12.4 Å².